The van der Waals surface area contributed by atoms with Gasteiger partial charge >= 0.3 is 5.97 Å². The zero-order valence-electron chi connectivity index (χ0n) is 17.2. The average Bonchev–Trinajstić information content (AvgIpc) is 3.11. The minimum absolute atomic E-state index is 0.345. The van der Waals surface area contributed by atoms with Crippen LogP contribution in [0.25, 0.3) is 22.0 Å². The Morgan fingerprint density at radius 1 is 0.967 bits per heavy atom. The van der Waals surface area contributed by atoms with Gasteiger partial charge in [0.05, 0.1) is 5.56 Å². The van der Waals surface area contributed by atoms with Gasteiger partial charge in [0.1, 0.15) is 12.4 Å². The lowest BCUT2D eigenvalue weighted by atomic mass is 10.0. The maximum absolute atomic E-state index is 11.7. The number of fused-ring (bicyclic) bond motifs is 1. The van der Waals surface area contributed by atoms with Crippen molar-refractivity contribution in [3.05, 3.63) is 90.1 Å². The quantitative estimate of drug-likeness (QED) is 0.400. The molecule has 152 valence electrons. The van der Waals surface area contributed by atoms with Gasteiger partial charge in [-0.05, 0) is 40.8 Å². The molecule has 0 bridgehead atoms. The van der Waals surface area contributed by atoms with Crippen LogP contribution in [0.1, 0.15) is 29.8 Å². The lowest BCUT2D eigenvalue weighted by Crippen LogP contribution is -2.03. The minimum Gasteiger partial charge on any atom is -0.489 e. The molecule has 0 aliphatic rings. The van der Waals surface area contributed by atoms with Crippen LogP contribution in [-0.4, -0.2) is 15.6 Å². The molecule has 1 heterocycles. The summed E-state index contributed by atoms with van der Waals surface area (Å²) in [5.74, 6) is 0.326. The molecule has 1 N–H and O–H groups in total. The van der Waals surface area contributed by atoms with E-state index in [0.717, 1.165) is 39.9 Å². The lowest BCUT2D eigenvalue weighted by molar-refractivity contribution is 0.0698. The Hall–Kier alpha value is -3.53. The fourth-order valence-corrected chi connectivity index (χ4v) is 3.69. The Balaban J connectivity index is 1.66. The van der Waals surface area contributed by atoms with Crippen molar-refractivity contribution in [3.63, 3.8) is 0 Å². The topological polar surface area (TPSA) is 51.5 Å². The number of hydrogen-bond donors (Lipinski definition) is 1. The number of ether oxygens (including phenoxy) is 1. The number of carboxylic acid groups (broad SMARTS) is 1. The summed E-state index contributed by atoms with van der Waals surface area (Å²) in [6.07, 6.45) is 1.75. The first kappa shape index (κ1) is 19.8. The van der Waals surface area contributed by atoms with Crippen molar-refractivity contribution in [1.29, 1.82) is 0 Å². The van der Waals surface area contributed by atoms with Crippen molar-refractivity contribution in [2.75, 3.05) is 0 Å². The van der Waals surface area contributed by atoms with Gasteiger partial charge in [0.15, 0.2) is 0 Å². The Morgan fingerprint density at radius 3 is 2.47 bits per heavy atom. The van der Waals surface area contributed by atoms with Crippen molar-refractivity contribution in [3.8, 4) is 16.9 Å². The second kappa shape index (κ2) is 8.46. The van der Waals surface area contributed by atoms with Crippen LogP contribution < -0.4 is 4.74 Å². The fourth-order valence-electron chi connectivity index (χ4n) is 3.69. The van der Waals surface area contributed by atoms with Gasteiger partial charge in [-0.1, -0.05) is 68.4 Å². The molecule has 4 aromatic rings. The van der Waals surface area contributed by atoms with Crippen molar-refractivity contribution in [2.45, 2.75) is 27.0 Å². The Morgan fingerprint density at radius 2 is 1.73 bits per heavy atom. The molecule has 1 aromatic heterocycles. The number of carbonyl (C=O) groups is 1. The Bertz CT molecular complexity index is 1180. The largest absolute Gasteiger partial charge is 0.489 e. The highest BCUT2D eigenvalue weighted by Gasteiger charge is 2.15. The number of hydrogen-bond acceptors (Lipinski definition) is 2. The van der Waals surface area contributed by atoms with Gasteiger partial charge in [-0.2, -0.15) is 0 Å². The highest BCUT2D eigenvalue weighted by molar-refractivity contribution is 6.04. The van der Waals surface area contributed by atoms with Gasteiger partial charge in [0, 0.05) is 23.6 Å². The SMILES string of the molecule is CC(C)Cn1cc(C(=O)O)c2ccc(-c3cccc(OCc4ccccc4)c3)cc21. The third-order valence-electron chi connectivity index (χ3n) is 5.09. The molecule has 0 amide bonds. The minimum atomic E-state index is -0.897. The summed E-state index contributed by atoms with van der Waals surface area (Å²) >= 11 is 0. The molecule has 0 aliphatic heterocycles. The van der Waals surface area contributed by atoms with E-state index in [-0.39, 0.29) is 0 Å². The van der Waals surface area contributed by atoms with E-state index in [1.807, 2.05) is 71.3 Å². The average molecular weight is 399 g/mol. The van der Waals surface area contributed by atoms with Crippen molar-refractivity contribution >= 4 is 16.9 Å². The first-order chi connectivity index (χ1) is 14.5. The van der Waals surface area contributed by atoms with E-state index in [2.05, 4.69) is 19.9 Å². The van der Waals surface area contributed by atoms with E-state index in [0.29, 0.717) is 18.1 Å². The van der Waals surface area contributed by atoms with Gasteiger partial charge in [-0.25, -0.2) is 4.79 Å². The van der Waals surface area contributed by atoms with Gasteiger partial charge in [0.2, 0.25) is 0 Å². The van der Waals surface area contributed by atoms with Crippen LogP contribution in [0, 0.1) is 5.92 Å². The van der Waals surface area contributed by atoms with Crippen LogP contribution in [-0.2, 0) is 13.2 Å². The van der Waals surface area contributed by atoms with Gasteiger partial charge in [-0.15, -0.1) is 0 Å². The van der Waals surface area contributed by atoms with Crippen LogP contribution in [0.4, 0.5) is 0 Å². The molecule has 0 radical (unpaired) electrons. The summed E-state index contributed by atoms with van der Waals surface area (Å²) in [7, 11) is 0. The first-order valence-corrected chi connectivity index (χ1v) is 10.1. The van der Waals surface area contributed by atoms with Gasteiger partial charge in [-0.3, -0.25) is 0 Å². The van der Waals surface area contributed by atoms with E-state index >= 15 is 0 Å². The maximum atomic E-state index is 11.7. The molecule has 30 heavy (non-hydrogen) atoms. The van der Waals surface area contributed by atoms with Crippen LogP contribution in [0.15, 0.2) is 79.0 Å². The van der Waals surface area contributed by atoms with Crippen molar-refractivity contribution < 1.29 is 14.6 Å². The molecule has 0 atom stereocenters. The second-order valence-corrected chi connectivity index (χ2v) is 7.93. The van der Waals surface area contributed by atoms with Crippen LogP contribution >= 0.6 is 0 Å². The highest BCUT2D eigenvalue weighted by atomic mass is 16.5. The number of benzene rings is 3. The molecular formula is C26H25NO3. The van der Waals surface area contributed by atoms with Crippen molar-refractivity contribution in [1.82, 2.24) is 4.57 Å². The summed E-state index contributed by atoms with van der Waals surface area (Å²) < 4.78 is 8.02. The second-order valence-electron chi connectivity index (χ2n) is 7.93. The summed E-state index contributed by atoms with van der Waals surface area (Å²) in [6.45, 7) is 5.54. The smallest absolute Gasteiger partial charge is 0.337 e. The van der Waals surface area contributed by atoms with Crippen LogP contribution in [0.5, 0.6) is 5.75 Å². The maximum Gasteiger partial charge on any atom is 0.337 e. The Kier molecular flexibility index (Phi) is 5.57. The molecule has 0 spiro atoms. The summed E-state index contributed by atoms with van der Waals surface area (Å²) in [6, 6.07) is 24.0. The highest BCUT2D eigenvalue weighted by Crippen LogP contribution is 2.30. The third kappa shape index (κ3) is 4.23. The summed E-state index contributed by atoms with van der Waals surface area (Å²) in [4.78, 5) is 11.7. The number of nitrogens with zero attached hydrogens (tertiary/aromatic N) is 1. The van der Waals surface area contributed by atoms with Gasteiger partial charge < -0.3 is 14.4 Å². The van der Waals surface area contributed by atoms with E-state index in [9.17, 15) is 9.90 Å². The number of carboxylic acids is 1. The lowest BCUT2D eigenvalue weighted by Gasteiger charge is -2.11. The predicted octanol–water partition coefficient (Wildman–Crippen LogP) is 6.24. The molecule has 0 fully saturated rings. The fraction of sp³-hybridized carbons (Fsp3) is 0.192. The monoisotopic (exact) mass is 399 g/mol. The normalized spacial score (nSPS) is 11.2. The van der Waals surface area contributed by atoms with E-state index in [4.69, 9.17) is 4.74 Å². The van der Waals surface area contributed by atoms with E-state index < -0.39 is 5.97 Å². The number of aromatic nitrogens is 1. The molecule has 0 saturated carbocycles. The zero-order chi connectivity index (χ0) is 21.1. The number of rotatable bonds is 7. The molecule has 0 aliphatic carbocycles. The van der Waals surface area contributed by atoms with Crippen molar-refractivity contribution in [2.24, 2.45) is 5.92 Å². The Labute approximate surface area is 176 Å². The first-order valence-electron chi connectivity index (χ1n) is 10.1. The number of aromatic carboxylic acids is 1. The van der Waals surface area contributed by atoms with Gasteiger partial charge in [0.25, 0.3) is 0 Å². The standard InChI is InChI=1S/C26H25NO3/c1-18(2)15-27-16-24(26(28)29)23-12-11-21(14-25(23)27)20-9-6-10-22(13-20)30-17-19-7-4-3-5-8-19/h3-14,16,18H,15,17H2,1-2H3,(H,28,29). The van der Waals surface area contributed by atoms with E-state index in [1.165, 1.54) is 0 Å². The summed E-state index contributed by atoms with van der Waals surface area (Å²) in [5, 5.41) is 10.3. The van der Waals surface area contributed by atoms with E-state index in [1.54, 1.807) is 6.20 Å². The molecule has 0 unspecified atom stereocenters. The summed E-state index contributed by atoms with van der Waals surface area (Å²) in [5.41, 5.74) is 4.48. The predicted molar refractivity (Wildman–Crippen MR) is 120 cm³/mol. The van der Waals surface area contributed by atoms with Crippen LogP contribution in [0.2, 0.25) is 0 Å². The third-order valence-corrected chi connectivity index (χ3v) is 5.09. The zero-order valence-corrected chi connectivity index (χ0v) is 17.2. The molecule has 3 aromatic carbocycles. The van der Waals surface area contributed by atoms with Crippen LogP contribution in [0.3, 0.4) is 0 Å². The molecule has 4 rings (SSSR count). The molecular weight excluding hydrogens is 374 g/mol. The molecule has 0 saturated heterocycles. The molecule has 4 nitrogen and oxygen atoms in total. The molecule has 4 heteroatoms.